The average Bonchev–Trinajstić information content (AvgIpc) is 3.68. The van der Waals surface area contributed by atoms with Gasteiger partial charge >= 0.3 is 0 Å². The van der Waals surface area contributed by atoms with E-state index in [0.717, 1.165) is 21.7 Å². The van der Waals surface area contributed by atoms with Crippen LogP contribution in [-0.4, -0.2) is 69.6 Å². The van der Waals surface area contributed by atoms with Crippen molar-refractivity contribution in [2.45, 2.75) is 71.1 Å². The first kappa shape index (κ1) is 31.3. The Kier molecular flexibility index (Phi) is 10.5. The molecule has 0 spiro atoms. The summed E-state index contributed by atoms with van der Waals surface area (Å²) in [5, 5.41) is 20.3. The molecule has 1 fully saturated rings. The molecule has 0 aliphatic carbocycles. The van der Waals surface area contributed by atoms with Crippen LogP contribution in [0.3, 0.4) is 0 Å². The average molecular weight is 597 g/mol. The molecule has 4 rings (SSSR count). The van der Waals surface area contributed by atoms with Crippen molar-refractivity contribution >= 4 is 29.1 Å². The summed E-state index contributed by atoms with van der Waals surface area (Å²) in [7, 11) is 0. The molecule has 42 heavy (non-hydrogen) atoms. The maximum atomic E-state index is 13.8. The van der Waals surface area contributed by atoms with Crippen molar-refractivity contribution in [3.05, 3.63) is 58.6 Å². The van der Waals surface area contributed by atoms with E-state index in [1.54, 1.807) is 29.8 Å². The molecule has 3 amide bonds. The van der Waals surface area contributed by atoms with Gasteiger partial charge in [-0.15, -0.1) is 11.3 Å². The van der Waals surface area contributed by atoms with Gasteiger partial charge in [-0.2, -0.15) is 0 Å². The molecular weight excluding hydrogens is 556 g/mol. The number of amides is 3. The van der Waals surface area contributed by atoms with Gasteiger partial charge in [0, 0.05) is 25.6 Å². The molecule has 11 nitrogen and oxygen atoms in total. The number of nitrogens with one attached hydrogen (secondary N) is 2. The molecule has 226 valence electrons. The number of β-amino-alcohol motifs (C(OH)–C–C–N with tert-alkyl or cyclic N) is 1. The van der Waals surface area contributed by atoms with Crippen LogP contribution in [0.1, 0.15) is 67.8 Å². The highest BCUT2D eigenvalue weighted by molar-refractivity contribution is 7.13. The molecule has 0 bridgehead atoms. The van der Waals surface area contributed by atoms with E-state index in [0.29, 0.717) is 31.0 Å². The van der Waals surface area contributed by atoms with Crippen molar-refractivity contribution in [3.63, 3.8) is 0 Å². The maximum Gasteiger partial charge on any atom is 0.243 e. The first-order valence-electron chi connectivity index (χ1n) is 14.3. The lowest BCUT2D eigenvalue weighted by Gasteiger charge is -2.30. The van der Waals surface area contributed by atoms with Crippen molar-refractivity contribution in [1.29, 1.82) is 0 Å². The summed E-state index contributed by atoms with van der Waals surface area (Å²) in [6.07, 6.45) is -0.111. The van der Waals surface area contributed by atoms with Gasteiger partial charge in [0.2, 0.25) is 17.7 Å². The fraction of sp³-hybridized carbons (Fsp3) is 0.500. The fourth-order valence-corrected chi connectivity index (χ4v) is 6.11. The second-order valence-electron chi connectivity index (χ2n) is 11.1. The molecule has 0 saturated carbocycles. The normalized spacial score (nSPS) is 18.2. The number of likely N-dealkylation sites (tertiary alicyclic amines) is 1. The van der Waals surface area contributed by atoms with Crippen molar-refractivity contribution in [2.24, 2.45) is 11.7 Å². The SMILES string of the molecule is Cc1cc([C@H](C(=O)N2C[C@H](O)C[C@H]2C(=O)N[C@@H](CC(=O)NCCCN)c2ccc(-c3scnc3C)cc2)C(C)C)on1. The monoisotopic (exact) mass is 596 g/mol. The molecule has 1 saturated heterocycles. The standard InChI is InChI=1S/C30H40N6O5S/c1-17(2)27(25-12-18(3)35-41-25)30(40)36-15-22(37)13-24(36)29(39)34-23(14-26(38)32-11-5-10-31)20-6-8-21(9-7-20)28-19(4)33-16-42-28/h6-9,12,16-17,22-24,27,37H,5,10-11,13-15,31H2,1-4H3,(H,32,38)(H,34,39)/t22-,23+,24+,27-/m1/s1. The number of aryl methyl sites for hydroxylation is 2. The zero-order valence-electron chi connectivity index (χ0n) is 24.5. The summed E-state index contributed by atoms with van der Waals surface area (Å²) in [6, 6.07) is 7.84. The van der Waals surface area contributed by atoms with Crippen LogP contribution in [0.2, 0.25) is 0 Å². The van der Waals surface area contributed by atoms with E-state index in [-0.39, 0.29) is 37.1 Å². The third-order valence-electron chi connectivity index (χ3n) is 7.48. The molecular formula is C30H40N6O5S. The lowest BCUT2D eigenvalue weighted by molar-refractivity contribution is -0.141. The summed E-state index contributed by atoms with van der Waals surface area (Å²) >= 11 is 1.55. The van der Waals surface area contributed by atoms with Crippen LogP contribution in [0.5, 0.6) is 0 Å². The molecule has 1 aliphatic rings. The predicted molar refractivity (Wildman–Crippen MR) is 159 cm³/mol. The Morgan fingerprint density at radius 1 is 1.21 bits per heavy atom. The number of nitrogens with zero attached hydrogens (tertiary/aromatic N) is 3. The molecule has 1 aromatic carbocycles. The maximum absolute atomic E-state index is 13.8. The Labute approximate surface area is 249 Å². The Morgan fingerprint density at radius 2 is 1.95 bits per heavy atom. The van der Waals surface area contributed by atoms with Gasteiger partial charge in [0.15, 0.2) is 0 Å². The zero-order valence-corrected chi connectivity index (χ0v) is 25.3. The third-order valence-corrected chi connectivity index (χ3v) is 8.46. The number of thiazole rings is 1. The van der Waals surface area contributed by atoms with Gasteiger partial charge in [-0.3, -0.25) is 14.4 Å². The minimum atomic E-state index is -0.903. The number of rotatable bonds is 12. The number of nitrogens with two attached hydrogens (primary N) is 1. The largest absolute Gasteiger partial charge is 0.391 e. The fourth-order valence-electron chi connectivity index (χ4n) is 5.30. The van der Waals surface area contributed by atoms with Crippen LogP contribution in [0.15, 0.2) is 40.4 Å². The first-order valence-corrected chi connectivity index (χ1v) is 15.2. The van der Waals surface area contributed by atoms with Crippen LogP contribution >= 0.6 is 11.3 Å². The van der Waals surface area contributed by atoms with Gasteiger partial charge in [0.1, 0.15) is 17.7 Å². The van der Waals surface area contributed by atoms with E-state index in [1.807, 2.05) is 45.0 Å². The third kappa shape index (κ3) is 7.42. The number of aliphatic hydroxyl groups is 1. The van der Waals surface area contributed by atoms with E-state index in [4.69, 9.17) is 10.3 Å². The second kappa shape index (κ2) is 14.0. The predicted octanol–water partition coefficient (Wildman–Crippen LogP) is 2.83. The zero-order chi connectivity index (χ0) is 30.4. The molecule has 3 heterocycles. The number of hydrogen-bond donors (Lipinski definition) is 4. The molecule has 4 atom stereocenters. The minimum Gasteiger partial charge on any atom is -0.391 e. The lowest BCUT2D eigenvalue weighted by atomic mass is 9.91. The Hall–Kier alpha value is -3.61. The van der Waals surface area contributed by atoms with Crippen LogP contribution in [0, 0.1) is 19.8 Å². The minimum absolute atomic E-state index is 0.00439. The quantitative estimate of drug-likeness (QED) is 0.232. The second-order valence-corrected chi connectivity index (χ2v) is 12.0. The van der Waals surface area contributed by atoms with Crippen LogP contribution in [0.25, 0.3) is 10.4 Å². The van der Waals surface area contributed by atoms with Gasteiger partial charge in [-0.25, -0.2) is 4.98 Å². The van der Waals surface area contributed by atoms with Gasteiger partial charge in [0.25, 0.3) is 0 Å². The molecule has 5 N–H and O–H groups in total. The Balaban J connectivity index is 1.56. The van der Waals surface area contributed by atoms with E-state index in [1.165, 1.54) is 4.90 Å². The van der Waals surface area contributed by atoms with Gasteiger partial charge < -0.3 is 30.9 Å². The summed E-state index contributed by atoms with van der Waals surface area (Å²) < 4.78 is 5.43. The molecule has 3 aromatic rings. The van der Waals surface area contributed by atoms with E-state index >= 15 is 0 Å². The summed E-state index contributed by atoms with van der Waals surface area (Å²) in [5.74, 6) is -1.32. The summed E-state index contributed by atoms with van der Waals surface area (Å²) in [4.78, 5) is 47.2. The number of carbonyl (C=O) groups excluding carboxylic acids is 3. The van der Waals surface area contributed by atoms with Gasteiger partial charge in [-0.1, -0.05) is 43.3 Å². The van der Waals surface area contributed by atoms with E-state index in [9.17, 15) is 19.5 Å². The van der Waals surface area contributed by atoms with Gasteiger partial charge in [0.05, 0.1) is 40.3 Å². The Morgan fingerprint density at radius 3 is 2.55 bits per heavy atom. The molecule has 12 heteroatoms. The molecule has 2 aromatic heterocycles. The molecule has 0 radical (unpaired) electrons. The van der Waals surface area contributed by atoms with Crippen LogP contribution in [0.4, 0.5) is 0 Å². The first-order chi connectivity index (χ1) is 20.1. The summed E-state index contributed by atoms with van der Waals surface area (Å²) in [5.41, 5.74) is 10.7. The highest BCUT2D eigenvalue weighted by Crippen LogP contribution is 2.32. The summed E-state index contributed by atoms with van der Waals surface area (Å²) in [6.45, 7) is 8.46. The van der Waals surface area contributed by atoms with Crippen molar-refractivity contribution in [2.75, 3.05) is 19.6 Å². The van der Waals surface area contributed by atoms with Crippen LogP contribution < -0.4 is 16.4 Å². The van der Waals surface area contributed by atoms with Crippen molar-refractivity contribution in [1.82, 2.24) is 25.7 Å². The highest BCUT2D eigenvalue weighted by Gasteiger charge is 2.43. The Bertz CT molecular complexity index is 1370. The number of hydrogen-bond acceptors (Lipinski definition) is 9. The topological polar surface area (TPSA) is 164 Å². The number of aromatic nitrogens is 2. The van der Waals surface area contributed by atoms with Gasteiger partial charge in [-0.05, 0) is 43.9 Å². The highest BCUT2D eigenvalue weighted by atomic mass is 32.1. The molecule has 0 unspecified atom stereocenters. The van der Waals surface area contributed by atoms with Crippen LogP contribution in [-0.2, 0) is 14.4 Å². The van der Waals surface area contributed by atoms with E-state index in [2.05, 4.69) is 20.8 Å². The van der Waals surface area contributed by atoms with E-state index < -0.39 is 30.0 Å². The number of benzene rings is 1. The van der Waals surface area contributed by atoms with Crippen molar-refractivity contribution in [3.8, 4) is 10.4 Å². The molecule has 1 aliphatic heterocycles. The number of carbonyl (C=O) groups is 3. The smallest absolute Gasteiger partial charge is 0.243 e. The van der Waals surface area contributed by atoms with Crippen molar-refractivity contribution < 1.29 is 24.0 Å². The number of aliphatic hydroxyl groups excluding tert-OH is 1. The lowest BCUT2D eigenvalue weighted by Crippen LogP contribution is -2.49.